The maximum atomic E-state index is 13.5. The van der Waals surface area contributed by atoms with Crippen LogP contribution in [-0.2, 0) is 30.5 Å². The molecule has 210 valence electrons. The first kappa shape index (κ1) is 28.9. The van der Waals surface area contributed by atoms with Gasteiger partial charge < -0.3 is 9.64 Å². The number of allylic oxidation sites excluding steroid dienone is 1. The van der Waals surface area contributed by atoms with Gasteiger partial charge in [0.2, 0.25) is 0 Å². The molecule has 0 aliphatic carbocycles. The summed E-state index contributed by atoms with van der Waals surface area (Å²) in [6.45, 7) is 6.52. The van der Waals surface area contributed by atoms with Gasteiger partial charge >= 0.3 is 6.18 Å². The number of nitrogens with zero attached hydrogens (tertiary/aromatic N) is 3. The largest absolute Gasteiger partial charge is 0.457 e. The second kappa shape index (κ2) is 12.4. The molecule has 0 bridgehead atoms. The quantitative estimate of drug-likeness (QED) is 0.146. The highest BCUT2D eigenvalue weighted by molar-refractivity contribution is 5.97. The minimum Gasteiger partial charge on any atom is -0.457 e. The third-order valence-corrected chi connectivity index (χ3v) is 6.60. The molecule has 3 aromatic rings. The Bertz CT molecular complexity index is 1380. The Morgan fingerprint density at radius 2 is 1.77 bits per heavy atom. The van der Waals surface area contributed by atoms with Crippen LogP contribution >= 0.6 is 0 Å². The van der Waals surface area contributed by atoms with Gasteiger partial charge in [-0.15, -0.1) is 0 Å². The van der Waals surface area contributed by atoms with E-state index in [1.165, 1.54) is 12.1 Å². The molecule has 0 saturated heterocycles. The van der Waals surface area contributed by atoms with E-state index in [1.807, 2.05) is 50.2 Å². The lowest BCUT2D eigenvalue weighted by atomic mass is 9.98. The Hall–Kier alpha value is -4.11. The van der Waals surface area contributed by atoms with E-state index in [9.17, 15) is 23.2 Å². The Morgan fingerprint density at radius 3 is 2.40 bits per heavy atom. The predicted molar refractivity (Wildman–Crippen MR) is 147 cm³/mol. The number of ether oxygens (including phenoxy) is 1. The van der Waals surface area contributed by atoms with Crippen molar-refractivity contribution in [2.45, 2.75) is 46.5 Å². The molecule has 1 amide bonds. The second-order valence-corrected chi connectivity index (χ2v) is 9.84. The SMILES string of the molecule is C/C=C(\N=C(C(C)C)N(O)Cc1ccccc1)C(=O)N1CCc2c(cccc2Oc2ccc(C(F)(F)F)cc2)C1. The molecule has 1 N–H and O–H groups in total. The number of hydrogen-bond acceptors (Lipinski definition) is 4. The molecule has 1 heterocycles. The summed E-state index contributed by atoms with van der Waals surface area (Å²) in [6, 6.07) is 19.5. The summed E-state index contributed by atoms with van der Waals surface area (Å²) in [7, 11) is 0. The van der Waals surface area contributed by atoms with E-state index in [1.54, 1.807) is 30.0 Å². The zero-order valence-corrected chi connectivity index (χ0v) is 22.7. The Kier molecular flexibility index (Phi) is 8.94. The van der Waals surface area contributed by atoms with Crippen molar-refractivity contribution in [3.8, 4) is 11.5 Å². The Morgan fingerprint density at radius 1 is 1.07 bits per heavy atom. The van der Waals surface area contributed by atoms with E-state index in [0.717, 1.165) is 33.9 Å². The highest BCUT2D eigenvalue weighted by Crippen LogP contribution is 2.34. The molecule has 9 heteroatoms. The number of hydrogen-bond donors (Lipinski definition) is 1. The van der Waals surface area contributed by atoms with E-state index < -0.39 is 11.7 Å². The molecule has 1 aliphatic heterocycles. The van der Waals surface area contributed by atoms with Crippen LogP contribution in [0.1, 0.15) is 43.0 Å². The molecule has 0 spiro atoms. The second-order valence-electron chi connectivity index (χ2n) is 9.84. The first-order valence-electron chi connectivity index (χ1n) is 13.1. The number of aliphatic imine (C=N–C) groups is 1. The van der Waals surface area contributed by atoms with Crippen LogP contribution in [0, 0.1) is 5.92 Å². The number of benzene rings is 3. The number of amidine groups is 1. The van der Waals surface area contributed by atoms with Crippen molar-refractivity contribution < 1.29 is 27.9 Å². The fraction of sp³-hybridized carbons (Fsp3) is 0.290. The summed E-state index contributed by atoms with van der Waals surface area (Å²) < 4.78 is 44.6. The van der Waals surface area contributed by atoms with Crippen LogP contribution in [0.3, 0.4) is 0 Å². The molecule has 40 heavy (non-hydrogen) atoms. The van der Waals surface area contributed by atoms with Crippen LogP contribution in [0.2, 0.25) is 0 Å². The van der Waals surface area contributed by atoms with Gasteiger partial charge in [-0.3, -0.25) is 10.0 Å². The minimum absolute atomic E-state index is 0.136. The normalized spacial score (nSPS) is 14.2. The van der Waals surface area contributed by atoms with Crippen molar-refractivity contribution in [1.29, 1.82) is 0 Å². The molecule has 6 nitrogen and oxygen atoms in total. The van der Waals surface area contributed by atoms with Crippen LogP contribution < -0.4 is 4.74 Å². The van der Waals surface area contributed by atoms with Gasteiger partial charge in [0.15, 0.2) is 0 Å². The number of rotatable bonds is 7. The van der Waals surface area contributed by atoms with Gasteiger partial charge in [0.25, 0.3) is 5.91 Å². The fourth-order valence-electron chi connectivity index (χ4n) is 4.53. The Balaban J connectivity index is 1.49. The lowest BCUT2D eigenvalue weighted by molar-refractivity contribution is -0.137. The Labute approximate surface area is 232 Å². The average molecular weight is 552 g/mol. The number of halogens is 3. The van der Waals surface area contributed by atoms with E-state index in [4.69, 9.17) is 4.74 Å². The predicted octanol–water partition coefficient (Wildman–Crippen LogP) is 7.23. The van der Waals surface area contributed by atoms with Gasteiger partial charge in [-0.25, -0.2) is 10.1 Å². The third-order valence-electron chi connectivity index (χ3n) is 6.60. The van der Waals surface area contributed by atoms with Crippen molar-refractivity contribution in [2.24, 2.45) is 10.9 Å². The summed E-state index contributed by atoms with van der Waals surface area (Å²) >= 11 is 0. The summed E-state index contributed by atoms with van der Waals surface area (Å²) in [5, 5.41) is 11.9. The molecule has 0 saturated carbocycles. The summed E-state index contributed by atoms with van der Waals surface area (Å²) in [6.07, 6.45) is -2.26. The molecule has 0 radical (unpaired) electrons. The van der Waals surface area contributed by atoms with Gasteiger partial charge in [0.05, 0.1) is 12.1 Å². The van der Waals surface area contributed by atoms with Gasteiger partial charge in [0, 0.05) is 24.6 Å². The van der Waals surface area contributed by atoms with Gasteiger partial charge in [-0.05, 0) is 54.8 Å². The molecule has 0 fully saturated rings. The van der Waals surface area contributed by atoms with Crippen LogP contribution in [0.5, 0.6) is 11.5 Å². The van der Waals surface area contributed by atoms with E-state index >= 15 is 0 Å². The van der Waals surface area contributed by atoms with E-state index in [0.29, 0.717) is 36.8 Å². The number of carbonyl (C=O) groups is 1. The molecule has 0 unspecified atom stereocenters. The van der Waals surface area contributed by atoms with Gasteiger partial charge in [0.1, 0.15) is 23.0 Å². The van der Waals surface area contributed by atoms with Crippen LogP contribution in [0.25, 0.3) is 0 Å². The minimum atomic E-state index is -4.41. The van der Waals surface area contributed by atoms with E-state index in [2.05, 4.69) is 4.99 Å². The number of fused-ring (bicyclic) bond motifs is 1. The first-order chi connectivity index (χ1) is 19.1. The number of carbonyl (C=O) groups excluding carboxylic acids is 1. The van der Waals surface area contributed by atoms with Crippen molar-refractivity contribution in [3.05, 3.63) is 107 Å². The zero-order chi connectivity index (χ0) is 28.9. The number of amides is 1. The zero-order valence-electron chi connectivity index (χ0n) is 22.7. The van der Waals surface area contributed by atoms with Crippen molar-refractivity contribution in [3.63, 3.8) is 0 Å². The van der Waals surface area contributed by atoms with Crippen molar-refractivity contribution in [2.75, 3.05) is 6.54 Å². The molecule has 3 aromatic carbocycles. The van der Waals surface area contributed by atoms with Crippen molar-refractivity contribution in [1.82, 2.24) is 9.96 Å². The molecule has 0 aromatic heterocycles. The van der Waals surface area contributed by atoms with Crippen molar-refractivity contribution >= 4 is 11.7 Å². The van der Waals surface area contributed by atoms with Gasteiger partial charge in [-0.2, -0.15) is 13.2 Å². The summed E-state index contributed by atoms with van der Waals surface area (Å²) in [5.41, 5.74) is 2.20. The maximum absolute atomic E-state index is 13.5. The highest BCUT2D eigenvalue weighted by atomic mass is 19.4. The third kappa shape index (κ3) is 6.90. The number of hydroxylamine groups is 2. The van der Waals surface area contributed by atoms with Crippen LogP contribution in [0.15, 0.2) is 89.6 Å². The smallest absolute Gasteiger partial charge is 0.416 e. The summed E-state index contributed by atoms with van der Waals surface area (Å²) in [5.74, 6) is 0.843. The summed E-state index contributed by atoms with van der Waals surface area (Å²) in [4.78, 5) is 19.8. The molecular weight excluding hydrogens is 519 g/mol. The molecule has 4 rings (SSSR count). The lowest BCUT2D eigenvalue weighted by Crippen LogP contribution is -2.38. The molecule has 0 atom stereocenters. The molecule has 1 aliphatic rings. The lowest BCUT2D eigenvalue weighted by Gasteiger charge is -2.30. The van der Waals surface area contributed by atoms with Crippen LogP contribution in [-0.4, -0.2) is 33.5 Å². The highest BCUT2D eigenvalue weighted by Gasteiger charge is 2.30. The first-order valence-corrected chi connectivity index (χ1v) is 13.1. The topological polar surface area (TPSA) is 65.4 Å². The van der Waals surface area contributed by atoms with E-state index in [-0.39, 0.29) is 24.1 Å². The monoisotopic (exact) mass is 551 g/mol. The molecular formula is C31H32F3N3O3. The van der Waals surface area contributed by atoms with Crippen LogP contribution in [0.4, 0.5) is 13.2 Å². The fourth-order valence-corrected chi connectivity index (χ4v) is 4.53. The standard InChI is InChI=1S/C31H32F3N3O3/c1-4-27(35-29(21(2)3)37(39)19-22-9-6-5-7-10-22)30(38)36-18-17-26-23(20-36)11-8-12-28(26)40-25-15-13-24(14-16-25)31(32,33)34/h4-16,21,39H,17-20H2,1-3H3/b27-4-,35-29?. The number of alkyl halides is 3. The average Bonchev–Trinajstić information content (AvgIpc) is 2.93. The van der Waals surface area contributed by atoms with Gasteiger partial charge in [-0.1, -0.05) is 62.4 Å². The maximum Gasteiger partial charge on any atom is 0.416 e.